The molecule has 0 aliphatic carbocycles. The molecule has 0 aliphatic rings. The number of rotatable bonds is 7. The number of ether oxygens (including phenoxy) is 1. The van der Waals surface area contributed by atoms with Gasteiger partial charge in [-0.1, -0.05) is 17.7 Å². The fourth-order valence-corrected chi connectivity index (χ4v) is 2.07. The van der Waals surface area contributed by atoms with Crippen molar-refractivity contribution in [3.63, 3.8) is 0 Å². The maximum absolute atomic E-state index is 12.2. The number of benzene rings is 1. The van der Waals surface area contributed by atoms with E-state index in [0.717, 1.165) is 13.1 Å². The molecular weight excluding hydrogens is 316 g/mol. The van der Waals surface area contributed by atoms with Crippen LogP contribution in [-0.4, -0.2) is 47.3 Å². The summed E-state index contributed by atoms with van der Waals surface area (Å²) < 4.78 is 7.37. The molecule has 23 heavy (non-hydrogen) atoms. The molecule has 1 heterocycles. The highest BCUT2D eigenvalue weighted by Crippen LogP contribution is 2.18. The highest BCUT2D eigenvalue weighted by atomic mass is 35.5. The first-order valence-electron chi connectivity index (χ1n) is 7.34. The number of anilines is 1. The smallest absolute Gasteiger partial charge is 0.265 e. The molecule has 0 saturated heterocycles. The van der Waals surface area contributed by atoms with Crippen LogP contribution in [0.4, 0.5) is 5.69 Å². The molecule has 2 aromatic rings. The molecule has 1 N–H and O–H groups in total. The molecule has 0 spiro atoms. The van der Waals surface area contributed by atoms with Gasteiger partial charge in [0, 0.05) is 17.8 Å². The molecule has 0 aliphatic heterocycles. The van der Waals surface area contributed by atoms with E-state index in [1.807, 2.05) is 14.1 Å². The Labute approximate surface area is 141 Å². The average Bonchev–Trinajstić information content (AvgIpc) is 2.92. The Balaban J connectivity index is 1.88. The molecule has 124 valence electrons. The van der Waals surface area contributed by atoms with Gasteiger partial charge in [0.05, 0.1) is 18.4 Å². The van der Waals surface area contributed by atoms with E-state index in [-0.39, 0.29) is 5.91 Å². The third kappa shape index (κ3) is 5.58. The Kier molecular flexibility index (Phi) is 6.01. The maximum Gasteiger partial charge on any atom is 0.265 e. The summed E-state index contributed by atoms with van der Waals surface area (Å²) in [6.45, 7) is 3.33. The van der Waals surface area contributed by atoms with Gasteiger partial charge >= 0.3 is 0 Å². The van der Waals surface area contributed by atoms with Gasteiger partial charge in [0.1, 0.15) is 5.75 Å². The summed E-state index contributed by atoms with van der Waals surface area (Å²) in [6, 6.07) is 6.96. The molecule has 7 heteroatoms. The quantitative estimate of drug-likeness (QED) is 0.844. The minimum Gasteiger partial charge on any atom is -0.481 e. The molecule has 0 fully saturated rings. The van der Waals surface area contributed by atoms with Gasteiger partial charge in [0.15, 0.2) is 6.10 Å². The molecule has 1 amide bonds. The highest BCUT2D eigenvalue weighted by Gasteiger charge is 2.15. The third-order valence-electron chi connectivity index (χ3n) is 3.16. The van der Waals surface area contributed by atoms with Crippen molar-refractivity contribution in [2.75, 3.05) is 26.0 Å². The Morgan fingerprint density at radius 1 is 1.48 bits per heavy atom. The van der Waals surface area contributed by atoms with E-state index in [1.54, 1.807) is 48.3 Å². The van der Waals surface area contributed by atoms with Gasteiger partial charge in [0.25, 0.3) is 5.91 Å². The lowest BCUT2D eigenvalue weighted by molar-refractivity contribution is -0.122. The zero-order valence-electron chi connectivity index (χ0n) is 13.5. The van der Waals surface area contributed by atoms with Crippen LogP contribution in [0.3, 0.4) is 0 Å². The Hall–Kier alpha value is -2.05. The second-order valence-electron chi connectivity index (χ2n) is 5.50. The molecule has 6 nitrogen and oxygen atoms in total. The first kappa shape index (κ1) is 17.3. The third-order valence-corrected chi connectivity index (χ3v) is 3.39. The van der Waals surface area contributed by atoms with Gasteiger partial charge < -0.3 is 15.0 Å². The first-order chi connectivity index (χ1) is 10.9. The van der Waals surface area contributed by atoms with Crippen molar-refractivity contribution in [3.8, 4) is 5.75 Å². The number of hydrogen-bond donors (Lipinski definition) is 1. The van der Waals surface area contributed by atoms with Crippen LogP contribution in [0, 0.1) is 0 Å². The molecule has 0 radical (unpaired) electrons. The van der Waals surface area contributed by atoms with E-state index in [0.29, 0.717) is 16.5 Å². The Morgan fingerprint density at radius 3 is 2.96 bits per heavy atom. The molecule has 1 aromatic heterocycles. The van der Waals surface area contributed by atoms with Crippen molar-refractivity contribution in [1.29, 1.82) is 0 Å². The van der Waals surface area contributed by atoms with Crippen LogP contribution < -0.4 is 10.1 Å². The molecule has 2 rings (SSSR count). The molecule has 1 atom stereocenters. The predicted octanol–water partition coefficient (Wildman–Crippen LogP) is 2.50. The lowest BCUT2D eigenvalue weighted by Crippen LogP contribution is -2.30. The zero-order valence-corrected chi connectivity index (χ0v) is 14.2. The van der Waals surface area contributed by atoms with Crippen LogP contribution in [0.25, 0.3) is 0 Å². The minimum absolute atomic E-state index is 0.239. The van der Waals surface area contributed by atoms with Gasteiger partial charge in [-0.25, -0.2) is 0 Å². The van der Waals surface area contributed by atoms with Crippen molar-refractivity contribution < 1.29 is 9.53 Å². The summed E-state index contributed by atoms with van der Waals surface area (Å²) in [5.74, 6) is 0.318. The van der Waals surface area contributed by atoms with E-state index in [4.69, 9.17) is 16.3 Å². The number of halogens is 1. The number of carbonyl (C=O) groups is 1. The molecular formula is C16H21ClN4O2. The second kappa shape index (κ2) is 7.99. The number of carbonyl (C=O) groups excluding carboxylic acids is 1. The standard InChI is InChI=1S/C16H21ClN4O2/c1-12(23-15-6-4-5-13(17)9-15)16(22)19-14-10-18-21(11-14)8-7-20(2)3/h4-6,9-12H,7-8H2,1-3H3,(H,19,22)/t12-/m1/s1. The minimum atomic E-state index is -0.640. The van der Waals surface area contributed by atoms with Gasteiger partial charge in [-0.15, -0.1) is 0 Å². The van der Waals surface area contributed by atoms with E-state index >= 15 is 0 Å². The molecule has 0 saturated carbocycles. The molecule has 0 unspecified atom stereocenters. The van der Waals surface area contributed by atoms with Crippen LogP contribution in [0.2, 0.25) is 5.02 Å². The van der Waals surface area contributed by atoms with E-state index in [9.17, 15) is 4.79 Å². The van der Waals surface area contributed by atoms with Crippen LogP contribution in [0.1, 0.15) is 6.92 Å². The van der Waals surface area contributed by atoms with Gasteiger partial charge in [-0.3, -0.25) is 9.48 Å². The van der Waals surface area contributed by atoms with Crippen LogP contribution in [0.15, 0.2) is 36.7 Å². The normalized spacial score (nSPS) is 12.2. The van der Waals surface area contributed by atoms with E-state index < -0.39 is 6.10 Å². The first-order valence-corrected chi connectivity index (χ1v) is 7.72. The lowest BCUT2D eigenvalue weighted by atomic mass is 10.3. The second-order valence-corrected chi connectivity index (χ2v) is 5.94. The number of hydrogen-bond acceptors (Lipinski definition) is 4. The Morgan fingerprint density at radius 2 is 2.26 bits per heavy atom. The zero-order chi connectivity index (χ0) is 16.8. The van der Waals surface area contributed by atoms with Crippen molar-refractivity contribution in [3.05, 3.63) is 41.7 Å². The van der Waals surface area contributed by atoms with Crippen molar-refractivity contribution in [2.24, 2.45) is 0 Å². The van der Waals surface area contributed by atoms with Gasteiger partial charge in [0.2, 0.25) is 0 Å². The van der Waals surface area contributed by atoms with E-state index in [1.165, 1.54) is 0 Å². The molecule has 1 aromatic carbocycles. The average molecular weight is 337 g/mol. The lowest BCUT2D eigenvalue weighted by Gasteiger charge is -2.14. The number of nitrogens with one attached hydrogen (secondary N) is 1. The largest absolute Gasteiger partial charge is 0.481 e. The predicted molar refractivity (Wildman–Crippen MR) is 91.0 cm³/mol. The summed E-state index contributed by atoms with van der Waals surface area (Å²) in [5, 5.41) is 7.57. The molecule has 0 bridgehead atoms. The van der Waals surface area contributed by atoms with Crippen LogP contribution in [0.5, 0.6) is 5.75 Å². The summed E-state index contributed by atoms with van der Waals surface area (Å²) in [4.78, 5) is 14.2. The number of aromatic nitrogens is 2. The number of nitrogens with zero attached hydrogens (tertiary/aromatic N) is 3. The summed E-state index contributed by atoms with van der Waals surface area (Å²) in [6.07, 6.45) is 2.78. The van der Waals surface area contributed by atoms with Crippen LogP contribution in [-0.2, 0) is 11.3 Å². The maximum atomic E-state index is 12.2. The van der Waals surface area contributed by atoms with Crippen LogP contribution >= 0.6 is 11.6 Å². The fourth-order valence-electron chi connectivity index (χ4n) is 1.89. The summed E-state index contributed by atoms with van der Waals surface area (Å²) >= 11 is 5.90. The van der Waals surface area contributed by atoms with Crippen molar-refractivity contribution in [2.45, 2.75) is 19.6 Å². The Bertz CT molecular complexity index is 657. The topological polar surface area (TPSA) is 59.4 Å². The number of amides is 1. The highest BCUT2D eigenvalue weighted by molar-refractivity contribution is 6.30. The fraction of sp³-hybridized carbons (Fsp3) is 0.375. The number of likely N-dealkylation sites (N-methyl/N-ethyl adjacent to an activating group) is 1. The van der Waals surface area contributed by atoms with E-state index in [2.05, 4.69) is 15.3 Å². The monoisotopic (exact) mass is 336 g/mol. The summed E-state index contributed by atoms with van der Waals surface area (Å²) in [7, 11) is 4.00. The van der Waals surface area contributed by atoms with Gasteiger partial charge in [-0.2, -0.15) is 5.10 Å². The van der Waals surface area contributed by atoms with Crippen molar-refractivity contribution in [1.82, 2.24) is 14.7 Å². The van der Waals surface area contributed by atoms with Gasteiger partial charge in [-0.05, 0) is 39.2 Å². The SMILES string of the molecule is C[C@@H](Oc1cccc(Cl)c1)C(=O)Nc1cnn(CCN(C)C)c1. The summed E-state index contributed by atoms with van der Waals surface area (Å²) in [5.41, 5.74) is 0.648. The van der Waals surface area contributed by atoms with Crippen molar-refractivity contribution >= 4 is 23.2 Å².